The van der Waals surface area contributed by atoms with Crippen molar-refractivity contribution >= 4 is 28.7 Å². The van der Waals surface area contributed by atoms with Crippen molar-refractivity contribution in [1.82, 2.24) is 4.90 Å². The predicted octanol–water partition coefficient (Wildman–Crippen LogP) is 5.31. The van der Waals surface area contributed by atoms with E-state index in [-0.39, 0.29) is 6.10 Å². The molecule has 0 aromatic heterocycles. The maximum atomic E-state index is 5.89. The van der Waals surface area contributed by atoms with Gasteiger partial charge in [0.25, 0.3) is 0 Å². The van der Waals surface area contributed by atoms with Gasteiger partial charge >= 0.3 is 0 Å². The van der Waals surface area contributed by atoms with Crippen molar-refractivity contribution in [1.29, 1.82) is 0 Å². The highest BCUT2D eigenvalue weighted by Gasteiger charge is 2.21. The van der Waals surface area contributed by atoms with Gasteiger partial charge in [-0.1, -0.05) is 12.1 Å². The average Bonchev–Trinajstić information content (AvgIpc) is 3.30. The summed E-state index contributed by atoms with van der Waals surface area (Å²) >= 11 is 5.80. The van der Waals surface area contributed by atoms with Crippen LogP contribution >= 0.6 is 12.2 Å². The van der Waals surface area contributed by atoms with E-state index in [1.807, 2.05) is 31.2 Å². The van der Waals surface area contributed by atoms with Gasteiger partial charge < -0.3 is 24.6 Å². The molecule has 1 unspecified atom stereocenters. The summed E-state index contributed by atoms with van der Waals surface area (Å²) in [5, 5.41) is 4.11. The number of hydrogen-bond acceptors (Lipinski definition) is 4. The van der Waals surface area contributed by atoms with E-state index in [1.54, 1.807) is 0 Å². The Morgan fingerprint density at radius 1 is 1.06 bits per heavy atom. The predicted molar refractivity (Wildman–Crippen MR) is 133 cm³/mol. The zero-order valence-electron chi connectivity index (χ0n) is 19.0. The minimum absolute atomic E-state index is 0.232. The van der Waals surface area contributed by atoms with Crippen LogP contribution in [0.4, 0.5) is 11.4 Å². The van der Waals surface area contributed by atoms with Crippen molar-refractivity contribution in [3.8, 4) is 5.75 Å². The summed E-state index contributed by atoms with van der Waals surface area (Å²) in [4.78, 5) is 4.57. The molecule has 1 N–H and O–H groups in total. The van der Waals surface area contributed by atoms with Gasteiger partial charge in [0.15, 0.2) is 5.11 Å². The number of thiocarbonyl (C=S) groups is 1. The standard InChI is InChI=1S/C25H35N3O2S/c1-4-27(5-2)22-13-9-20(10-14-22)18-28(19-24-8-7-17-30-24)25(31)26-21-11-15-23(16-12-21)29-6-3/h9-16,24H,4-8,17-19H2,1-3H3,(H,26,31). The average molecular weight is 442 g/mol. The van der Waals surface area contributed by atoms with Crippen LogP contribution in [0.15, 0.2) is 48.5 Å². The molecule has 1 atom stereocenters. The van der Waals surface area contributed by atoms with E-state index in [1.165, 1.54) is 11.3 Å². The lowest BCUT2D eigenvalue weighted by Crippen LogP contribution is -2.39. The van der Waals surface area contributed by atoms with Gasteiger partial charge in [-0.05, 0) is 87.8 Å². The Kier molecular flexibility index (Phi) is 8.98. The van der Waals surface area contributed by atoms with Gasteiger partial charge in [0, 0.05) is 44.2 Å². The second-order valence-electron chi connectivity index (χ2n) is 7.74. The molecule has 1 aliphatic rings. The summed E-state index contributed by atoms with van der Waals surface area (Å²) < 4.78 is 11.4. The Morgan fingerprint density at radius 2 is 1.77 bits per heavy atom. The van der Waals surface area contributed by atoms with Crippen molar-refractivity contribution in [2.75, 3.05) is 43.1 Å². The monoisotopic (exact) mass is 441 g/mol. The molecule has 1 fully saturated rings. The normalized spacial score (nSPS) is 15.5. The fraction of sp³-hybridized carbons (Fsp3) is 0.480. The molecule has 31 heavy (non-hydrogen) atoms. The third-order valence-electron chi connectivity index (χ3n) is 5.59. The molecule has 0 aliphatic carbocycles. The Labute approximate surface area is 192 Å². The summed E-state index contributed by atoms with van der Waals surface area (Å²) in [7, 11) is 0. The van der Waals surface area contributed by atoms with Gasteiger partial charge in [-0.2, -0.15) is 0 Å². The van der Waals surface area contributed by atoms with Crippen LogP contribution in [-0.2, 0) is 11.3 Å². The van der Waals surface area contributed by atoms with Crippen LogP contribution in [0.25, 0.3) is 0 Å². The Morgan fingerprint density at radius 3 is 2.35 bits per heavy atom. The molecule has 0 radical (unpaired) electrons. The molecule has 3 rings (SSSR count). The Hall–Kier alpha value is -2.31. The van der Waals surface area contributed by atoms with E-state index >= 15 is 0 Å². The van der Waals surface area contributed by atoms with Gasteiger partial charge in [0.1, 0.15) is 5.75 Å². The summed E-state index contributed by atoms with van der Waals surface area (Å²) in [5.74, 6) is 0.864. The zero-order chi connectivity index (χ0) is 22.1. The third-order valence-corrected chi connectivity index (χ3v) is 5.95. The van der Waals surface area contributed by atoms with Gasteiger partial charge in [-0.3, -0.25) is 0 Å². The molecule has 6 heteroatoms. The second-order valence-corrected chi connectivity index (χ2v) is 8.13. The molecule has 1 aliphatic heterocycles. The summed E-state index contributed by atoms with van der Waals surface area (Å²) in [6.07, 6.45) is 2.44. The molecular weight excluding hydrogens is 406 g/mol. The van der Waals surface area contributed by atoms with Gasteiger partial charge in [-0.25, -0.2) is 0 Å². The molecular formula is C25H35N3O2S. The lowest BCUT2D eigenvalue weighted by molar-refractivity contribution is 0.0905. The van der Waals surface area contributed by atoms with Crippen molar-refractivity contribution in [3.05, 3.63) is 54.1 Å². The van der Waals surface area contributed by atoms with E-state index in [0.29, 0.717) is 11.7 Å². The van der Waals surface area contributed by atoms with Gasteiger partial charge in [0.2, 0.25) is 0 Å². The van der Waals surface area contributed by atoms with Crippen molar-refractivity contribution in [2.45, 2.75) is 46.3 Å². The van der Waals surface area contributed by atoms with Crippen molar-refractivity contribution in [3.63, 3.8) is 0 Å². The molecule has 5 nitrogen and oxygen atoms in total. The molecule has 0 amide bonds. The van der Waals surface area contributed by atoms with Gasteiger partial charge in [-0.15, -0.1) is 0 Å². The van der Waals surface area contributed by atoms with Crippen molar-refractivity contribution in [2.24, 2.45) is 0 Å². The van der Waals surface area contributed by atoms with Crippen molar-refractivity contribution < 1.29 is 9.47 Å². The van der Waals surface area contributed by atoms with Crippen LogP contribution in [0.2, 0.25) is 0 Å². The minimum Gasteiger partial charge on any atom is -0.494 e. The number of nitrogens with one attached hydrogen (secondary N) is 1. The highest BCUT2D eigenvalue weighted by atomic mass is 32.1. The number of rotatable bonds is 10. The first-order valence-corrected chi connectivity index (χ1v) is 11.8. The lowest BCUT2D eigenvalue weighted by Gasteiger charge is -2.29. The molecule has 1 saturated heterocycles. The van der Waals surface area contributed by atoms with E-state index in [0.717, 1.165) is 57.1 Å². The molecule has 1 heterocycles. The first kappa shape index (κ1) is 23.4. The molecule has 0 saturated carbocycles. The maximum Gasteiger partial charge on any atom is 0.173 e. The van der Waals surface area contributed by atoms with Crippen LogP contribution in [0.5, 0.6) is 5.75 Å². The highest BCUT2D eigenvalue weighted by Crippen LogP contribution is 2.20. The number of hydrogen-bond donors (Lipinski definition) is 1. The number of nitrogens with zero attached hydrogens (tertiary/aromatic N) is 2. The molecule has 0 bridgehead atoms. The van der Waals surface area contributed by atoms with Crippen LogP contribution in [-0.4, -0.2) is 49.0 Å². The Bertz CT molecular complexity index is 801. The fourth-order valence-electron chi connectivity index (χ4n) is 3.88. The zero-order valence-corrected chi connectivity index (χ0v) is 19.8. The first-order valence-electron chi connectivity index (χ1n) is 11.4. The SMILES string of the molecule is CCOc1ccc(NC(=S)N(Cc2ccc(N(CC)CC)cc2)CC2CCCO2)cc1. The second kappa shape index (κ2) is 11.9. The number of anilines is 2. The minimum atomic E-state index is 0.232. The lowest BCUT2D eigenvalue weighted by atomic mass is 10.1. The molecule has 2 aromatic rings. The number of ether oxygens (including phenoxy) is 2. The summed E-state index contributed by atoms with van der Waals surface area (Å²) in [5.41, 5.74) is 3.46. The summed E-state index contributed by atoms with van der Waals surface area (Å²) in [6, 6.07) is 16.7. The summed E-state index contributed by atoms with van der Waals surface area (Å²) in [6.45, 7) is 11.4. The maximum absolute atomic E-state index is 5.89. The van der Waals surface area contributed by atoms with Gasteiger partial charge in [0.05, 0.1) is 12.7 Å². The molecule has 0 spiro atoms. The number of benzene rings is 2. The fourth-order valence-corrected chi connectivity index (χ4v) is 4.14. The largest absolute Gasteiger partial charge is 0.494 e. The van der Waals surface area contributed by atoms with Crippen LogP contribution < -0.4 is 15.0 Å². The van der Waals surface area contributed by atoms with Crippen LogP contribution in [0.1, 0.15) is 39.2 Å². The topological polar surface area (TPSA) is 37.0 Å². The highest BCUT2D eigenvalue weighted by molar-refractivity contribution is 7.80. The molecule has 168 valence electrons. The van der Waals surface area contributed by atoms with E-state index < -0.39 is 0 Å². The van der Waals surface area contributed by atoms with E-state index in [2.05, 4.69) is 53.2 Å². The quantitative estimate of drug-likeness (QED) is 0.504. The smallest absolute Gasteiger partial charge is 0.173 e. The van der Waals surface area contributed by atoms with E-state index in [4.69, 9.17) is 21.7 Å². The third kappa shape index (κ3) is 6.84. The van der Waals surface area contributed by atoms with E-state index in [9.17, 15) is 0 Å². The van der Waals surface area contributed by atoms with Crippen LogP contribution in [0, 0.1) is 0 Å². The van der Waals surface area contributed by atoms with Crippen LogP contribution in [0.3, 0.4) is 0 Å². The molecule has 2 aromatic carbocycles. The Balaban J connectivity index is 1.68. The first-order chi connectivity index (χ1) is 15.1.